The molecule has 0 N–H and O–H groups in total. The van der Waals surface area contributed by atoms with Crippen molar-refractivity contribution in [3.63, 3.8) is 0 Å². The molecule has 2 aromatic rings. The minimum Gasteiger partial charge on any atom is -0.310 e. The van der Waals surface area contributed by atoms with Crippen molar-refractivity contribution >= 4 is 38.7 Å². The van der Waals surface area contributed by atoms with E-state index in [1.165, 1.54) is 19.3 Å². The fourth-order valence-corrected chi connectivity index (χ4v) is 3.02. The van der Waals surface area contributed by atoms with Gasteiger partial charge in [-0.05, 0) is 48.2 Å². The summed E-state index contributed by atoms with van der Waals surface area (Å²) in [5.74, 6) is 0.879. The zero-order valence-electron chi connectivity index (χ0n) is 10.8. The molecule has 0 amide bonds. The number of fused-ring (bicyclic) bond motifs is 1. The third-order valence-corrected chi connectivity index (χ3v) is 4.07. The van der Waals surface area contributed by atoms with Gasteiger partial charge in [-0.1, -0.05) is 0 Å². The largest absolute Gasteiger partial charge is 0.310 e. The lowest BCUT2D eigenvalue weighted by Crippen LogP contribution is -2.40. The van der Waals surface area contributed by atoms with Crippen LogP contribution in [0.4, 0.5) is 0 Å². The van der Waals surface area contributed by atoms with E-state index in [9.17, 15) is 0 Å². The number of rotatable bonds is 2. The van der Waals surface area contributed by atoms with Crippen molar-refractivity contribution in [1.82, 2.24) is 14.6 Å². The van der Waals surface area contributed by atoms with Crippen LogP contribution < -0.4 is 5.01 Å². The Kier molecular flexibility index (Phi) is 3.67. The molecule has 1 unspecified atom stereocenters. The predicted octanol–water partition coefficient (Wildman–Crippen LogP) is 3.62. The highest BCUT2D eigenvalue weighted by Crippen LogP contribution is 2.26. The molecule has 4 nitrogen and oxygen atoms in total. The highest BCUT2D eigenvalue weighted by atomic mass is 79.9. The lowest BCUT2D eigenvalue weighted by atomic mass is 10.2. The second kappa shape index (κ2) is 5.29. The third kappa shape index (κ3) is 2.46. The van der Waals surface area contributed by atoms with Crippen molar-refractivity contribution in [2.45, 2.75) is 31.6 Å². The van der Waals surface area contributed by atoms with Crippen LogP contribution in [0.15, 0.2) is 16.7 Å². The molecule has 0 spiro atoms. The predicted molar refractivity (Wildman–Crippen MR) is 81.3 cm³/mol. The van der Waals surface area contributed by atoms with Gasteiger partial charge >= 0.3 is 0 Å². The first-order chi connectivity index (χ1) is 9.16. The van der Waals surface area contributed by atoms with Crippen LogP contribution in [0.5, 0.6) is 0 Å². The minimum atomic E-state index is -0.130. The minimum absolute atomic E-state index is 0.130. The summed E-state index contributed by atoms with van der Waals surface area (Å²) in [6.45, 7) is 4.04. The Balaban J connectivity index is 2.15. The van der Waals surface area contributed by atoms with Gasteiger partial charge < -0.3 is 5.01 Å². The Morgan fingerprint density at radius 2 is 2.05 bits per heavy atom. The van der Waals surface area contributed by atoms with Gasteiger partial charge in [0, 0.05) is 23.8 Å². The van der Waals surface area contributed by atoms with Gasteiger partial charge in [-0.2, -0.15) is 0 Å². The standard InChI is InChI=1S/C13H16BrClN4/c1-9(15)12-17-11-7-10(14)8-16-13(11)19(12)18-5-3-2-4-6-18/h7-9H,2-6H2,1H3. The molecule has 1 aliphatic rings. The van der Waals surface area contributed by atoms with Crippen LogP contribution >= 0.6 is 27.5 Å². The third-order valence-electron chi connectivity index (χ3n) is 3.44. The maximum atomic E-state index is 6.29. The highest BCUT2D eigenvalue weighted by Gasteiger charge is 2.21. The first kappa shape index (κ1) is 13.2. The number of piperidine rings is 1. The summed E-state index contributed by atoms with van der Waals surface area (Å²) in [6.07, 6.45) is 5.54. The molecule has 2 aromatic heterocycles. The number of nitrogens with zero attached hydrogens (tertiary/aromatic N) is 4. The molecule has 0 aromatic carbocycles. The number of halogens is 2. The Hall–Kier alpha value is -0.810. The van der Waals surface area contributed by atoms with Crippen LogP contribution in [0.1, 0.15) is 37.4 Å². The molecule has 102 valence electrons. The number of alkyl halides is 1. The van der Waals surface area contributed by atoms with Gasteiger partial charge in [-0.25, -0.2) is 14.6 Å². The van der Waals surface area contributed by atoms with E-state index in [0.717, 1.165) is 34.6 Å². The molecule has 19 heavy (non-hydrogen) atoms. The SMILES string of the molecule is CC(Cl)c1nc2cc(Br)cnc2n1N1CCCCC1. The Bertz CT molecular complexity index is 590. The summed E-state index contributed by atoms with van der Waals surface area (Å²) in [6, 6.07) is 1.99. The Morgan fingerprint density at radius 3 is 2.74 bits per heavy atom. The van der Waals surface area contributed by atoms with E-state index in [1.807, 2.05) is 19.2 Å². The first-order valence-electron chi connectivity index (χ1n) is 6.60. The molecular weight excluding hydrogens is 328 g/mol. The molecule has 0 radical (unpaired) electrons. The van der Waals surface area contributed by atoms with Crippen molar-refractivity contribution in [3.8, 4) is 0 Å². The van der Waals surface area contributed by atoms with E-state index in [4.69, 9.17) is 11.6 Å². The molecule has 6 heteroatoms. The average Bonchev–Trinajstić information content (AvgIpc) is 2.78. The van der Waals surface area contributed by atoms with E-state index in [0.29, 0.717) is 0 Å². The van der Waals surface area contributed by atoms with E-state index in [-0.39, 0.29) is 5.38 Å². The number of hydrogen-bond donors (Lipinski definition) is 0. The molecule has 3 heterocycles. The van der Waals surface area contributed by atoms with Gasteiger partial charge in [0.05, 0.1) is 5.38 Å². The van der Waals surface area contributed by atoms with E-state index < -0.39 is 0 Å². The number of pyridine rings is 1. The summed E-state index contributed by atoms with van der Waals surface area (Å²) in [5.41, 5.74) is 1.79. The molecule has 1 fully saturated rings. The van der Waals surface area contributed by atoms with Gasteiger partial charge in [-0.15, -0.1) is 11.6 Å². The van der Waals surface area contributed by atoms with E-state index in [2.05, 4.69) is 35.6 Å². The zero-order valence-corrected chi connectivity index (χ0v) is 13.2. The normalized spacial score (nSPS) is 17.9. The Labute approximate surface area is 125 Å². The van der Waals surface area contributed by atoms with Crippen LogP contribution in [-0.2, 0) is 0 Å². The van der Waals surface area contributed by atoms with Crippen molar-refractivity contribution in [1.29, 1.82) is 0 Å². The summed E-state index contributed by atoms with van der Waals surface area (Å²) < 4.78 is 3.05. The van der Waals surface area contributed by atoms with Crippen LogP contribution in [-0.4, -0.2) is 27.7 Å². The summed E-state index contributed by atoms with van der Waals surface area (Å²) in [5, 5.41) is 2.18. The second-order valence-corrected chi connectivity index (χ2v) is 6.48. The maximum absolute atomic E-state index is 6.29. The molecule has 0 aliphatic carbocycles. The van der Waals surface area contributed by atoms with E-state index >= 15 is 0 Å². The monoisotopic (exact) mass is 342 g/mol. The lowest BCUT2D eigenvalue weighted by Gasteiger charge is -2.31. The van der Waals surface area contributed by atoms with Gasteiger partial charge in [0.2, 0.25) is 0 Å². The van der Waals surface area contributed by atoms with Gasteiger partial charge in [0.1, 0.15) is 11.3 Å². The van der Waals surface area contributed by atoms with Crippen molar-refractivity contribution in [3.05, 3.63) is 22.6 Å². The van der Waals surface area contributed by atoms with Gasteiger partial charge in [0.25, 0.3) is 0 Å². The van der Waals surface area contributed by atoms with Crippen LogP contribution in [0.25, 0.3) is 11.2 Å². The number of aromatic nitrogens is 3. The van der Waals surface area contributed by atoms with Crippen molar-refractivity contribution in [2.75, 3.05) is 18.1 Å². The van der Waals surface area contributed by atoms with Gasteiger partial charge in [-0.3, -0.25) is 0 Å². The molecule has 0 saturated carbocycles. The summed E-state index contributed by atoms with van der Waals surface area (Å²) in [4.78, 5) is 9.16. The van der Waals surface area contributed by atoms with Gasteiger partial charge in [0.15, 0.2) is 5.65 Å². The lowest BCUT2D eigenvalue weighted by molar-refractivity contribution is 0.473. The highest BCUT2D eigenvalue weighted by molar-refractivity contribution is 9.10. The topological polar surface area (TPSA) is 34.0 Å². The second-order valence-electron chi connectivity index (χ2n) is 4.91. The maximum Gasteiger partial charge on any atom is 0.179 e. The van der Waals surface area contributed by atoms with Crippen molar-refractivity contribution < 1.29 is 0 Å². The van der Waals surface area contributed by atoms with Crippen LogP contribution in [0.3, 0.4) is 0 Å². The first-order valence-corrected chi connectivity index (χ1v) is 7.83. The Morgan fingerprint density at radius 1 is 1.32 bits per heavy atom. The summed E-state index contributed by atoms with van der Waals surface area (Å²) in [7, 11) is 0. The van der Waals surface area contributed by atoms with E-state index in [1.54, 1.807) is 0 Å². The average molecular weight is 344 g/mol. The van der Waals surface area contributed by atoms with Crippen LogP contribution in [0.2, 0.25) is 0 Å². The molecule has 3 rings (SSSR count). The number of imidazole rings is 1. The summed E-state index contributed by atoms with van der Waals surface area (Å²) >= 11 is 9.73. The number of hydrogen-bond acceptors (Lipinski definition) is 3. The molecule has 1 saturated heterocycles. The van der Waals surface area contributed by atoms with Crippen molar-refractivity contribution in [2.24, 2.45) is 0 Å². The molecule has 0 bridgehead atoms. The van der Waals surface area contributed by atoms with Crippen LogP contribution in [0, 0.1) is 0 Å². The fraction of sp³-hybridized carbons (Fsp3) is 0.538. The zero-order chi connectivity index (χ0) is 13.4. The molecule has 1 aliphatic heterocycles. The molecule has 1 atom stereocenters. The quantitative estimate of drug-likeness (QED) is 0.781. The fourth-order valence-electron chi connectivity index (χ4n) is 2.56. The smallest absolute Gasteiger partial charge is 0.179 e. The molecular formula is C13H16BrClN4.